The molecule has 1 saturated heterocycles. The maximum atomic E-state index is 11.8. The molecular weight excluding hydrogens is 276 g/mol. The van der Waals surface area contributed by atoms with E-state index in [4.69, 9.17) is 0 Å². The van der Waals surface area contributed by atoms with E-state index in [1.807, 2.05) is 6.07 Å². The molecule has 4 rings (SSSR count). The summed E-state index contributed by atoms with van der Waals surface area (Å²) in [4.78, 5) is 16.7. The molecule has 0 radical (unpaired) electrons. The molecule has 0 aromatic heterocycles. The number of rotatable bonds is 2. The van der Waals surface area contributed by atoms with Crippen LogP contribution in [0.4, 0.5) is 5.69 Å². The number of piperazine rings is 1. The van der Waals surface area contributed by atoms with Crippen LogP contribution in [0.3, 0.4) is 0 Å². The van der Waals surface area contributed by atoms with Gasteiger partial charge in [-0.05, 0) is 30.9 Å². The Labute approximate surface area is 131 Å². The highest BCUT2D eigenvalue weighted by Crippen LogP contribution is 2.37. The Bertz CT molecular complexity index is 568. The molecule has 1 aliphatic carbocycles. The van der Waals surface area contributed by atoms with E-state index in [2.05, 4.69) is 28.0 Å². The predicted molar refractivity (Wildman–Crippen MR) is 86.2 cm³/mol. The number of carboxylic acids is 1. The highest BCUT2D eigenvalue weighted by atomic mass is 16.4. The van der Waals surface area contributed by atoms with Crippen LogP contribution in [0.5, 0.6) is 0 Å². The smallest absolute Gasteiger partial charge is 0.308 e. The number of nitrogens with zero attached hydrogens (tertiary/aromatic N) is 2. The summed E-state index contributed by atoms with van der Waals surface area (Å²) in [5, 5.41) is 9.71. The van der Waals surface area contributed by atoms with Gasteiger partial charge in [-0.3, -0.25) is 9.69 Å². The Balaban J connectivity index is 1.62. The quantitative estimate of drug-likeness (QED) is 0.911. The van der Waals surface area contributed by atoms with Gasteiger partial charge >= 0.3 is 5.97 Å². The van der Waals surface area contributed by atoms with Crippen molar-refractivity contribution in [3.8, 4) is 0 Å². The molecule has 0 amide bonds. The number of benzene rings is 1. The van der Waals surface area contributed by atoms with Crippen molar-refractivity contribution in [2.75, 3.05) is 24.5 Å². The van der Waals surface area contributed by atoms with Crippen LogP contribution in [0.25, 0.3) is 0 Å². The first-order valence-electron chi connectivity index (χ1n) is 8.55. The lowest BCUT2D eigenvalue weighted by molar-refractivity contribution is -0.143. The van der Waals surface area contributed by atoms with E-state index in [-0.39, 0.29) is 12.0 Å². The highest BCUT2D eigenvalue weighted by molar-refractivity contribution is 5.75. The van der Waals surface area contributed by atoms with Crippen molar-refractivity contribution in [3.05, 3.63) is 29.8 Å². The van der Waals surface area contributed by atoms with Gasteiger partial charge in [-0.1, -0.05) is 31.0 Å². The summed E-state index contributed by atoms with van der Waals surface area (Å²) in [5.74, 6) is -0.920. The van der Waals surface area contributed by atoms with E-state index in [1.54, 1.807) is 0 Å². The van der Waals surface area contributed by atoms with Crippen molar-refractivity contribution in [3.63, 3.8) is 0 Å². The Morgan fingerprint density at radius 2 is 1.91 bits per heavy atom. The first-order valence-corrected chi connectivity index (χ1v) is 8.55. The number of fused-ring (bicyclic) bond motifs is 3. The molecule has 1 aromatic carbocycles. The van der Waals surface area contributed by atoms with Gasteiger partial charge in [0, 0.05) is 31.4 Å². The monoisotopic (exact) mass is 300 g/mol. The van der Waals surface area contributed by atoms with Crippen LogP contribution in [0.15, 0.2) is 24.3 Å². The van der Waals surface area contributed by atoms with Gasteiger partial charge < -0.3 is 10.0 Å². The summed E-state index contributed by atoms with van der Waals surface area (Å²) in [6.07, 6.45) is 5.93. The lowest BCUT2D eigenvalue weighted by Gasteiger charge is -2.49. The standard InChI is InChI=1S/C18H24N2O2/c21-18(22)15-11-13-5-1-4-8-16(13)20-10-9-19(12-17(15)20)14-6-2-3-7-14/h1,4-5,8,14-15,17H,2-3,6-7,9-12H2,(H,21,22). The largest absolute Gasteiger partial charge is 0.481 e. The maximum absolute atomic E-state index is 11.8. The van der Waals surface area contributed by atoms with Crippen LogP contribution < -0.4 is 4.90 Å². The zero-order chi connectivity index (χ0) is 15.1. The third-order valence-corrected chi connectivity index (χ3v) is 5.81. The minimum Gasteiger partial charge on any atom is -0.481 e. The Morgan fingerprint density at radius 3 is 2.68 bits per heavy atom. The molecule has 1 saturated carbocycles. The van der Waals surface area contributed by atoms with Crippen LogP contribution in [0.1, 0.15) is 31.2 Å². The second-order valence-corrected chi connectivity index (χ2v) is 6.97. The molecule has 2 atom stereocenters. The molecule has 1 aromatic rings. The van der Waals surface area contributed by atoms with Crippen LogP contribution in [-0.2, 0) is 11.2 Å². The molecule has 3 aliphatic rings. The summed E-state index contributed by atoms with van der Waals surface area (Å²) in [6.45, 7) is 2.94. The van der Waals surface area contributed by atoms with Crippen molar-refractivity contribution >= 4 is 11.7 Å². The fourth-order valence-corrected chi connectivity index (χ4v) is 4.67. The fraction of sp³-hybridized carbons (Fsp3) is 0.611. The molecule has 1 N–H and O–H groups in total. The van der Waals surface area contributed by atoms with E-state index < -0.39 is 5.97 Å². The summed E-state index contributed by atoms with van der Waals surface area (Å²) in [7, 11) is 0. The molecule has 22 heavy (non-hydrogen) atoms. The first-order chi connectivity index (χ1) is 10.7. The van der Waals surface area contributed by atoms with Gasteiger partial charge in [-0.15, -0.1) is 0 Å². The Kier molecular flexibility index (Phi) is 3.57. The van der Waals surface area contributed by atoms with Crippen LogP contribution in [0.2, 0.25) is 0 Å². The molecule has 2 heterocycles. The zero-order valence-corrected chi connectivity index (χ0v) is 12.9. The average molecular weight is 300 g/mol. The van der Waals surface area contributed by atoms with E-state index in [1.165, 1.54) is 36.9 Å². The third-order valence-electron chi connectivity index (χ3n) is 5.81. The minimum absolute atomic E-state index is 0.127. The van der Waals surface area contributed by atoms with Gasteiger partial charge in [0.1, 0.15) is 0 Å². The van der Waals surface area contributed by atoms with Crippen molar-refractivity contribution in [2.24, 2.45) is 5.92 Å². The second kappa shape index (κ2) is 5.58. The predicted octanol–water partition coefficient (Wildman–Crippen LogP) is 2.38. The van der Waals surface area contributed by atoms with E-state index in [0.717, 1.165) is 19.6 Å². The van der Waals surface area contributed by atoms with Crippen LogP contribution in [-0.4, -0.2) is 47.7 Å². The van der Waals surface area contributed by atoms with Crippen molar-refractivity contribution < 1.29 is 9.90 Å². The minimum atomic E-state index is -0.641. The number of hydrogen-bond donors (Lipinski definition) is 1. The molecule has 0 bridgehead atoms. The number of anilines is 1. The number of carboxylic acid groups (broad SMARTS) is 1. The van der Waals surface area contributed by atoms with E-state index in [0.29, 0.717) is 12.5 Å². The average Bonchev–Trinajstić information content (AvgIpc) is 3.08. The van der Waals surface area contributed by atoms with Gasteiger partial charge in [-0.25, -0.2) is 0 Å². The number of hydrogen-bond acceptors (Lipinski definition) is 3. The fourth-order valence-electron chi connectivity index (χ4n) is 4.67. The molecule has 4 nitrogen and oxygen atoms in total. The molecule has 2 unspecified atom stereocenters. The Hall–Kier alpha value is -1.55. The van der Waals surface area contributed by atoms with Crippen LogP contribution in [0, 0.1) is 5.92 Å². The summed E-state index contributed by atoms with van der Waals surface area (Å²) in [5.41, 5.74) is 2.46. The van der Waals surface area contributed by atoms with Gasteiger partial charge in [0.15, 0.2) is 0 Å². The second-order valence-electron chi connectivity index (χ2n) is 6.97. The number of aliphatic carboxylic acids is 1. The molecule has 2 fully saturated rings. The first kappa shape index (κ1) is 14.1. The van der Waals surface area contributed by atoms with Crippen molar-refractivity contribution in [1.82, 2.24) is 4.90 Å². The lowest BCUT2D eigenvalue weighted by atomic mass is 9.83. The summed E-state index contributed by atoms with van der Waals surface area (Å²) in [6, 6.07) is 9.15. The summed E-state index contributed by atoms with van der Waals surface area (Å²) >= 11 is 0. The maximum Gasteiger partial charge on any atom is 0.308 e. The molecule has 0 spiro atoms. The van der Waals surface area contributed by atoms with Crippen molar-refractivity contribution in [1.29, 1.82) is 0 Å². The topological polar surface area (TPSA) is 43.8 Å². The molecule has 2 aliphatic heterocycles. The lowest BCUT2D eigenvalue weighted by Crippen LogP contribution is -2.61. The van der Waals surface area contributed by atoms with Gasteiger partial charge in [0.25, 0.3) is 0 Å². The molecular formula is C18H24N2O2. The van der Waals surface area contributed by atoms with Crippen LogP contribution >= 0.6 is 0 Å². The highest BCUT2D eigenvalue weighted by Gasteiger charge is 2.42. The van der Waals surface area contributed by atoms with Gasteiger partial charge in [-0.2, -0.15) is 0 Å². The normalized spacial score (nSPS) is 29.2. The van der Waals surface area contributed by atoms with E-state index in [9.17, 15) is 9.90 Å². The number of carbonyl (C=O) groups is 1. The SMILES string of the molecule is O=C(O)C1Cc2ccccc2N2CCN(C3CCCC3)CC12. The molecule has 4 heteroatoms. The Morgan fingerprint density at radius 1 is 1.14 bits per heavy atom. The van der Waals surface area contributed by atoms with Gasteiger partial charge in [0.2, 0.25) is 0 Å². The van der Waals surface area contributed by atoms with Gasteiger partial charge in [0.05, 0.1) is 12.0 Å². The molecule has 118 valence electrons. The zero-order valence-electron chi connectivity index (χ0n) is 12.9. The third kappa shape index (κ3) is 2.30. The number of para-hydroxylation sites is 1. The van der Waals surface area contributed by atoms with E-state index >= 15 is 0 Å². The summed E-state index contributed by atoms with van der Waals surface area (Å²) < 4.78 is 0. The van der Waals surface area contributed by atoms with Crippen molar-refractivity contribution in [2.45, 2.75) is 44.2 Å².